The number of halogens is 3. The molecule has 1 saturated heterocycles. The number of nitrogens with zero attached hydrogens (tertiary/aromatic N) is 1. The predicted molar refractivity (Wildman–Crippen MR) is 94.4 cm³/mol. The SMILES string of the molecule is O=C(O)N1CCC(OC(=O)C(O)(c2ccc(Br)cc2)C2CCC(F)(F)C2)C1. The van der Waals surface area contributed by atoms with Gasteiger partial charge in [-0.15, -0.1) is 0 Å². The van der Waals surface area contributed by atoms with Gasteiger partial charge in [0.15, 0.2) is 5.60 Å². The van der Waals surface area contributed by atoms with Gasteiger partial charge in [-0.05, 0) is 24.1 Å². The van der Waals surface area contributed by atoms with Gasteiger partial charge in [0.25, 0.3) is 0 Å². The number of hydrogen-bond donors (Lipinski definition) is 2. The van der Waals surface area contributed by atoms with Crippen molar-refractivity contribution in [2.45, 2.75) is 43.3 Å². The average Bonchev–Trinajstić information content (AvgIpc) is 3.21. The standard InChI is InChI=1S/C18H20BrF2NO5/c19-13-3-1-11(2-4-13)18(26,12-5-7-17(20,21)9-12)15(23)27-14-6-8-22(10-14)16(24)25/h1-4,12,14,26H,5-10H2,(H,24,25). The Balaban J connectivity index is 1.84. The van der Waals surface area contributed by atoms with Crippen molar-refractivity contribution in [1.82, 2.24) is 4.90 Å². The van der Waals surface area contributed by atoms with E-state index in [1.54, 1.807) is 12.1 Å². The molecule has 6 nitrogen and oxygen atoms in total. The molecule has 1 heterocycles. The minimum absolute atomic E-state index is 0.00167. The number of carbonyl (C=O) groups is 2. The molecule has 1 aliphatic carbocycles. The Morgan fingerprint density at radius 2 is 1.93 bits per heavy atom. The van der Waals surface area contributed by atoms with E-state index in [0.717, 1.165) is 4.90 Å². The molecular formula is C18H20BrF2NO5. The number of aliphatic hydroxyl groups is 1. The lowest BCUT2D eigenvalue weighted by Gasteiger charge is -2.33. The van der Waals surface area contributed by atoms with Crippen LogP contribution in [-0.4, -0.2) is 52.3 Å². The molecular weight excluding hydrogens is 428 g/mol. The minimum Gasteiger partial charge on any atom is -0.465 e. The Bertz CT molecular complexity index is 729. The molecule has 1 aromatic rings. The lowest BCUT2D eigenvalue weighted by atomic mass is 9.80. The number of amides is 1. The summed E-state index contributed by atoms with van der Waals surface area (Å²) in [6.07, 6.45) is -2.55. The Labute approximate surface area is 163 Å². The predicted octanol–water partition coefficient (Wildman–Crippen LogP) is 3.37. The van der Waals surface area contributed by atoms with Gasteiger partial charge in [-0.25, -0.2) is 18.4 Å². The molecule has 1 saturated carbocycles. The van der Waals surface area contributed by atoms with Crippen LogP contribution < -0.4 is 0 Å². The highest BCUT2D eigenvalue weighted by Gasteiger charge is 2.55. The average molecular weight is 448 g/mol. The van der Waals surface area contributed by atoms with E-state index in [2.05, 4.69) is 15.9 Å². The molecule has 3 unspecified atom stereocenters. The Morgan fingerprint density at radius 3 is 2.44 bits per heavy atom. The molecule has 0 spiro atoms. The van der Waals surface area contributed by atoms with Crippen molar-refractivity contribution >= 4 is 28.0 Å². The molecule has 3 atom stereocenters. The van der Waals surface area contributed by atoms with E-state index in [-0.39, 0.29) is 25.1 Å². The molecule has 2 fully saturated rings. The first-order valence-electron chi connectivity index (χ1n) is 8.67. The maximum absolute atomic E-state index is 13.8. The number of esters is 1. The maximum atomic E-state index is 13.8. The minimum atomic E-state index is -2.94. The highest BCUT2D eigenvalue weighted by Crippen LogP contribution is 2.48. The van der Waals surface area contributed by atoms with E-state index in [9.17, 15) is 23.5 Å². The summed E-state index contributed by atoms with van der Waals surface area (Å²) in [5.74, 6) is -4.94. The van der Waals surface area contributed by atoms with Gasteiger partial charge in [0, 0.05) is 36.2 Å². The number of alkyl halides is 2. The van der Waals surface area contributed by atoms with Crippen molar-refractivity contribution in [2.75, 3.05) is 13.1 Å². The third-order valence-corrected chi connectivity index (χ3v) is 5.81. The zero-order chi connectivity index (χ0) is 19.8. The van der Waals surface area contributed by atoms with Crippen molar-refractivity contribution in [3.05, 3.63) is 34.3 Å². The molecule has 0 aromatic heterocycles. The Hall–Kier alpha value is -1.74. The van der Waals surface area contributed by atoms with Crippen LogP contribution in [0.5, 0.6) is 0 Å². The summed E-state index contributed by atoms with van der Waals surface area (Å²) in [5.41, 5.74) is -2.02. The fourth-order valence-electron chi connectivity index (χ4n) is 3.77. The lowest BCUT2D eigenvalue weighted by Crippen LogP contribution is -2.45. The summed E-state index contributed by atoms with van der Waals surface area (Å²) >= 11 is 3.26. The zero-order valence-electron chi connectivity index (χ0n) is 14.4. The van der Waals surface area contributed by atoms with Crippen molar-refractivity contribution in [1.29, 1.82) is 0 Å². The van der Waals surface area contributed by atoms with Crippen LogP contribution in [0.25, 0.3) is 0 Å². The lowest BCUT2D eigenvalue weighted by molar-refractivity contribution is -0.179. The van der Waals surface area contributed by atoms with Gasteiger partial charge in [-0.3, -0.25) is 0 Å². The second-order valence-corrected chi connectivity index (χ2v) is 8.03. The normalized spacial score (nSPS) is 26.6. The third kappa shape index (κ3) is 4.08. The first kappa shape index (κ1) is 20.0. The molecule has 1 aromatic carbocycles. The number of rotatable bonds is 4. The van der Waals surface area contributed by atoms with Gasteiger partial charge >= 0.3 is 12.1 Å². The molecule has 0 radical (unpaired) electrons. The van der Waals surface area contributed by atoms with E-state index in [4.69, 9.17) is 9.84 Å². The number of benzene rings is 1. The maximum Gasteiger partial charge on any atom is 0.407 e. The van der Waals surface area contributed by atoms with Crippen LogP contribution in [0, 0.1) is 5.92 Å². The van der Waals surface area contributed by atoms with Gasteiger partial charge in [-0.2, -0.15) is 0 Å². The molecule has 2 N–H and O–H groups in total. The van der Waals surface area contributed by atoms with Gasteiger partial charge in [0.1, 0.15) is 6.10 Å². The summed E-state index contributed by atoms with van der Waals surface area (Å²) in [5, 5.41) is 20.3. The summed E-state index contributed by atoms with van der Waals surface area (Å²) in [6.45, 7) is 0.212. The number of carboxylic acid groups (broad SMARTS) is 1. The topological polar surface area (TPSA) is 87.1 Å². The van der Waals surface area contributed by atoms with Crippen LogP contribution in [0.15, 0.2) is 28.7 Å². The third-order valence-electron chi connectivity index (χ3n) is 5.28. The van der Waals surface area contributed by atoms with E-state index in [0.29, 0.717) is 10.9 Å². The first-order chi connectivity index (χ1) is 12.6. The number of ether oxygens (including phenoxy) is 1. The Kier molecular flexibility index (Phi) is 5.45. The molecule has 148 valence electrons. The Morgan fingerprint density at radius 1 is 1.26 bits per heavy atom. The quantitative estimate of drug-likeness (QED) is 0.690. The first-order valence-corrected chi connectivity index (χ1v) is 9.46. The van der Waals surface area contributed by atoms with Crippen LogP contribution in [0.4, 0.5) is 13.6 Å². The molecule has 1 amide bonds. The zero-order valence-corrected chi connectivity index (χ0v) is 16.0. The molecule has 1 aliphatic heterocycles. The summed E-state index contributed by atoms with van der Waals surface area (Å²) in [7, 11) is 0. The highest BCUT2D eigenvalue weighted by atomic mass is 79.9. The van der Waals surface area contributed by atoms with Crippen LogP contribution in [0.2, 0.25) is 0 Å². The van der Waals surface area contributed by atoms with Crippen LogP contribution >= 0.6 is 15.9 Å². The number of hydrogen-bond acceptors (Lipinski definition) is 4. The van der Waals surface area contributed by atoms with E-state index in [1.165, 1.54) is 12.1 Å². The second-order valence-electron chi connectivity index (χ2n) is 7.11. The van der Waals surface area contributed by atoms with Gasteiger partial charge < -0.3 is 19.8 Å². The van der Waals surface area contributed by atoms with E-state index >= 15 is 0 Å². The monoisotopic (exact) mass is 447 g/mol. The van der Waals surface area contributed by atoms with Crippen LogP contribution in [0.3, 0.4) is 0 Å². The number of carbonyl (C=O) groups excluding carboxylic acids is 1. The summed E-state index contributed by atoms with van der Waals surface area (Å²) < 4.78 is 33.6. The number of likely N-dealkylation sites (tertiary alicyclic amines) is 1. The van der Waals surface area contributed by atoms with Crippen LogP contribution in [-0.2, 0) is 15.1 Å². The van der Waals surface area contributed by atoms with E-state index in [1.807, 2.05) is 0 Å². The fraction of sp³-hybridized carbons (Fsp3) is 0.556. The smallest absolute Gasteiger partial charge is 0.407 e. The van der Waals surface area contributed by atoms with Gasteiger partial charge in [0.2, 0.25) is 5.92 Å². The molecule has 2 aliphatic rings. The molecule has 0 bridgehead atoms. The highest BCUT2D eigenvalue weighted by molar-refractivity contribution is 9.10. The van der Waals surface area contributed by atoms with Gasteiger partial charge in [0.05, 0.1) is 6.54 Å². The summed E-state index contributed by atoms with van der Waals surface area (Å²) in [6, 6.07) is 6.23. The van der Waals surface area contributed by atoms with E-state index < -0.39 is 48.4 Å². The largest absolute Gasteiger partial charge is 0.465 e. The van der Waals surface area contributed by atoms with Crippen molar-refractivity contribution in [3.8, 4) is 0 Å². The van der Waals surface area contributed by atoms with Crippen LogP contribution in [0.1, 0.15) is 31.2 Å². The summed E-state index contributed by atoms with van der Waals surface area (Å²) in [4.78, 5) is 25.0. The second kappa shape index (κ2) is 7.35. The van der Waals surface area contributed by atoms with Gasteiger partial charge in [-0.1, -0.05) is 28.1 Å². The van der Waals surface area contributed by atoms with Crippen molar-refractivity contribution in [3.63, 3.8) is 0 Å². The molecule has 9 heteroatoms. The molecule has 27 heavy (non-hydrogen) atoms. The fourth-order valence-corrected chi connectivity index (χ4v) is 4.03. The molecule has 3 rings (SSSR count). The van der Waals surface area contributed by atoms with Crippen molar-refractivity contribution < 1.29 is 33.3 Å². The van der Waals surface area contributed by atoms with Crippen molar-refractivity contribution in [2.24, 2.45) is 5.92 Å².